The van der Waals surface area contributed by atoms with Crippen LogP contribution in [0.3, 0.4) is 0 Å². The Bertz CT molecular complexity index is 923. The van der Waals surface area contributed by atoms with Crippen LogP contribution in [0.1, 0.15) is 61.0 Å². The van der Waals surface area contributed by atoms with Crippen molar-refractivity contribution in [3.05, 3.63) is 59.7 Å². The van der Waals surface area contributed by atoms with E-state index in [2.05, 4.69) is 10.0 Å². The van der Waals surface area contributed by atoms with E-state index in [9.17, 15) is 18.3 Å². The molecule has 0 heterocycles. The van der Waals surface area contributed by atoms with Crippen molar-refractivity contribution in [2.45, 2.75) is 56.0 Å². The molecule has 2 aromatic carbocycles. The van der Waals surface area contributed by atoms with Crippen LogP contribution < -0.4 is 10.0 Å². The third-order valence-corrected chi connectivity index (χ3v) is 6.70. The molecule has 0 saturated heterocycles. The Kier molecular flexibility index (Phi) is 6.36. The number of rotatable bonds is 7. The smallest absolute Gasteiger partial charge is 0.335 e. The molecule has 2 aromatic rings. The van der Waals surface area contributed by atoms with E-state index >= 15 is 0 Å². The molecule has 3 rings (SSSR count). The fraction of sp³-hybridized carbons (Fsp3) is 0.381. The second-order valence-corrected chi connectivity index (χ2v) is 8.93. The molecule has 28 heavy (non-hydrogen) atoms. The zero-order valence-electron chi connectivity index (χ0n) is 15.9. The quantitative estimate of drug-likeness (QED) is 0.646. The van der Waals surface area contributed by atoms with Gasteiger partial charge in [-0.15, -0.1) is 0 Å². The number of anilines is 1. The van der Waals surface area contributed by atoms with Crippen molar-refractivity contribution < 1.29 is 18.3 Å². The van der Waals surface area contributed by atoms with Gasteiger partial charge in [0.1, 0.15) is 4.90 Å². The molecule has 1 unspecified atom stereocenters. The Morgan fingerprint density at radius 1 is 1.07 bits per heavy atom. The zero-order valence-corrected chi connectivity index (χ0v) is 16.7. The van der Waals surface area contributed by atoms with Crippen molar-refractivity contribution in [2.24, 2.45) is 0 Å². The predicted octanol–water partition coefficient (Wildman–Crippen LogP) is 4.17. The van der Waals surface area contributed by atoms with E-state index in [0.29, 0.717) is 5.69 Å². The lowest BCUT2D eigenvalue weighted by Gasteiger charge is -2.25. The average Bonchev–Trinajstić information content (AvgIpc) is 2.69. The number of hydrogen-bond acceptors (Lipinski definition) is 4. The van der Waals surface area contributed by atoms with E-state index in [1.54, 1.807) is 13.0 Å². The molecular formula is C21H26N2O4S. The molecule has 0 spiro atoms. The lowest BCUT2D eigenvalue weighted by Crippen LogP contribution is -2.29. The summed E-state index contributed by atoms with van der Waals surface area (Å²) in [5.74, 6) is -1.16. The molecule has 1 fully saturated rings. The molecule has 0 bridgehead atoms. The van der Waals surface area contributed by atoms with Gasteiger partial charge >= 0.3 is 5.97 Å². The second-order valence-electron chi connectivity index (χ2n) is 7.25. The van der Waals surface area contributed by atoms with E-state index in [0.717, 1.165) is 31.2 Å². The van der Waals surface area contributed by atoms with Crippen LogP contribution in [0.5, 0.6) is 0 Å². The Balaban J connectivity index is 1.91. The third-order valence-electron chi connectivity index (χ3n) is 5.11. The van der Waals surface area contributed by atoms with Crippen molar-refractivity contribution in [3.63, 3.8) is 0 Å². The van der Waals surface area contributed by atoms with Crippen molar-refractivity contribution in [3.8, 4) is 0 Å². The molecule has 1 aliphatic rings. The number of carboxylic acids is 1. The molecule has 1 aliphatic carbocycles. The first kappa shape index (κ1) is 20.4. The Labute approximate surface area is 166 Å². The van der Waals surface area contributed by atoms with Gasteiger partial charge in [-0.2, -0.15) is 0 Å². The van der Waals surface area contributed by atoms with E-state index < -0.39 is 22.0 Å². The van der Waals surface area contributed by atoms with Crippen LogP contribution in [-0.2, 0) is 10.0 Å². The highest BCUT2D eigenvalue weighted by Gasteiger charge is 2.25. The minimum absolute atomic E-state index is 0.0271. The van der Waals surface area contributed by atoms with Gasteiger partial charge in [0.05, 0.1) is 11.3 Å². The van der Waals surface area contributed by atoms with E-state index in [1.807, 2.05) is 30.3 Å². The molecule has 1 atom stereocenters. The van der Waals surface area contributed by atoms with E-state index in [4.69, 9.17) is 0 Å². The van der Waals surface area contributed by atoms with E-state index in [1.165, 1.54) is 18.6 Å². The topological polar surface area (TPSA) is 95.5 Å². The Morgan fingerprint density at radius 2 is 1.75 bits per heavy atom. The van der Waals surface area contributed by atoms with Crippen LogP contribution in [0.25, 0.3) is 0 Å². The highest BCUT2D eigenvalue weighted by Crippen LogP contribution is 2.28. The van der Waals surface area contributed by atoms with Gasteiger partial charge in [-0.05, 0) is 43.5 Å². The van der Waals surface area contributed by atoms with Crippen molar-refractivity contribution >= 4 is 21.7 Å². The van der Waals surface area contributed by atoms with Crippen molar-refractivity contribution in [1.82, 2.24) is 4.72 Å². The molecule has 6 nitrogen and oxygen atoms in total. The lowest BCUT2D eigenvalue weighted by molar-refractivity contribution is 0.0696. The summed E-state index contributed by atoms with van der Waals surface area (Å²) >= 11 is 0. The van der Waals surface area contributed by atoms with Crippen LogP contribution in [0.15, 0.2) is 53.4 Å². The van der Waals surface area contributed by atoms with Crippen LogP contribution in [0.2, 0.25) is 0 Å². The summed E-state index contributed by atoms with van der Waals surface area (Å²) in [6.45, 7) is 1.77. The number of hydrogen-bond donors (Lipinski definition) is 3. The second kappa shape index (κ2) is 8.75. The predicted molar refractivity (Wildman–Crippen MR) is 109 cm³/mol. The normalized spacial score (nSPS) is 16.5. The largest absolute Gasteiger partial charge is 0.478 e. The maximum atomic E-state index is 13.1. The molecule has 0 aliphatic heterocycles. The molecule has 0 amide bonds. The number of carbonyl (C=O) groups is 1. The standard InChI is InChI=1S/C21H26N2O4S/c1-15(16-8-4-2-5-9-16)23-28(26,27)20-14-17(21(24)25)12-13-19(20)22-18-10-6-3-7-11-18/h2,4-5,8-9,12-15,18,22-23H,3,6-7,10-11H2,1H3,(H,24,25). The first-order valence-electron chi connectivity index (χ1n) is 9.58. The highest BCUT2D eigenvalue weighted by molar-refractivity contribution is 7.89. The monoisotopic (exact) mass is 402 g/mol. The molecule has 1 saturated carbocycles. The number of aromatic carboxylic acids is 1. The van der Waals surface area contributed by atoms with Gasteiger partial charge in [-0.25, -0.2) is 17.9 Å². The van der Waals surface area contributed by atoms with Gasteiger partial charge in [0.25, 0.3) is 0 Å². The van der Waals surface area contributed by atoms with Gasteiger partial charge in [0.15, 0.2) is 0 Å². The van der Waals surface area contributed by atoms with E-state index in [-0.39, 0.29) is 16.5 Å². The number of nitrogens with one attached hydrogen (secondary N) is 2. The molecule has 7 heteroatoms. The summed E-state index contributed by atoms with van der Waals surface area (Å²) in [6.07, 6.45) is 5.37. The fourth-order valence-corrected chi connectivity index (χ4v) is 5.00. The highest BCUT2D eigenvalue weighted by atomic mass is 32.2. The fourth-order valence-electron chi connectivity index (χ4n) is 3.57. The first-order chi connectivity index (χ1) is 13.4. The minimum atomic E-state index is -3.92. The van der Waals surface area contributed by atoms with Crippen LogP contribution >= 0.6 is 0 Å². The number of sulfonamides is 1. The molecule has 0 radical (unpaired) electrons. The molecule has 150 valence electrons. The maximum Gasteiger partial charge on any atom is 0.335 e. The van der Waals surface area contributed by atoms with Crippen molar-refractivity contribution in [1.29, 1.82) is 0 Å². The van der Waals surface area contributed by atoms with Crippen LogP contribution in [-0.4, -0.2) is 25.5 Å². The Hall–Kier alpha value is -2.38. The van der Waals surface area contributed by atoms with Gasteiger partial charge in [-0.1, -0.05) is 49.6 Å². The number of benzene rings is 2. The third kappa shape index (κ3) is 4.91. The maximum absolute atomic E-state index is 13.1. The minimum Gasteiger partial charge on any atom is -0.478 e. The summed E-state index contributed by atoms with van der Waals surface area (Å²) < 4.78 is 28.9. The van der Waals surface area contributed by atoms with Gasteiger partial charge in [-0.3, -0.25) is 0 Å². The van der Waals surface area contributed by atoms with Crippen molar-refractivity contribution in [2.75, 3.05) is 5.32 Å². The average molecular weight is 403 g/mol. The summed E-state index contributed by atoms with van der Waals surface area (Å²) in [4.78, 5) is 11.4. The van der Waals surface area contributed by atoms with Gasteiger partial charge in [0.2, 0.25) is 10.0 Å². The zero-order chi connectivity index (χ0) is 20.1. The summed E-state index contributed by atoms with van der Waals surface area (Å²) in [5.41, 5.74) is 1.23. The molecular weight excluding hydrogens is 376 g/mol. The SMILES string of the molecule is CC(NS(=O)(=O)c1cc(C(=O)O)ccc1NC1CCCCC1)c1ccccc1. The van der Waals surface area contributed by atoms with Crippen LogP contribution in [0.4, 0.5) is 5.69 Å². The Morgan fingerprint density at radius 3 is 2.39 bits per heavy atom. The van der Waals surface area contributed by atoms with Gasteiger partial charge in [0, 0.05) is 12.1 Å². The molecule has 0 aromatic heterocycles. The lowest BCUT2D eigenvalue weighted by atomic mass is 9.95. The summed E-state index contributed by atoms with van der Waals surface area (Å²) in [6, 6.07) is 13.2. The summed E-state index contributed by atoms with van der Waals surface area (Å²) in [7, 11) is -3.92. The van der Waals surface area contributed by atoms with Crippen LogP contribution in [0, 0.1) is 0 Å². The summed E-state index contributed by atoms with van der Waals surface area (Å²) in [5, 5.41) is 12.6. The molecule has 3 N–H and O–H groups in total. The first-order valence-corrected chi connectivity index (χ1v) is 11.1. The number of carboxylic acid groups (broad SMARTS) is 1. The van der Waals surface area contributed by atoms with Gasteiger partial charge < -0.3 is 10.4 Å².